The van der Waals surface area contributed by atoms with Crippen LogP contribution in [0, 0.1) is 22.9 Å². The summed E-state index contributed by atoms with van der Waals surface area (Å²) in [4.78, 5) is 1.99. The molecule has 1 heterocycles. The number of phenols is 1. The van der Waals surface area contributed by atoms with E-state index in [4.69, 9.17) is 0 Å². The first kappa shape index (κ1) is 16.1. The molecule has 0 saturated carbocycles. The highest BCUT2D eigenvalue weighted by atomic mass is 19.2. The molecule has 0 bridgehead atoms. The van der Waals surface area contributed by atoms with E-state index in [1.807, 2.05) is 25.7 Å². The highest BCUT2D eigenvalue weighted by Crippen LogP contribution is 2.43. The van der Waals surface area contributed by atoms with E-state index in [0.29, 0.717) is 19.2 Å². The summed E-state index contributed by atoms with van der Waals surface area (Å²) in [5.41, 5.74) is -0.608. The van der Waals surface area contributed by atoms with Crippen molar-refractivity contribution in [1.82, 2.24) is 10.2 Å². The number of hydrogen-bond donors (Lipinski definition) is 2. The van der Waals surface area contributed by atoms with Crippen molar-refractivity contribution in [1.29, 1.82) is 0 Å². The van der Waals surface area contributed by atoms with Crippen molar-refractivity contribution < 1.29 is 18.3 Å². The molecule has 1 aliphatic rings. The second kappa shape index (κ2) is 5.85. The summed E-state index contributed by atoms with van der Waals surface area (Å²) in [6.45, 7) is 8.44. The van der Waals surface area contributed by atoms with Gasteiger partial charge in [-0.3, -0.25) is 4.90 Å². The Morgan fingerprint density at radius 2 is 1.71 bits per heavy atom. The van der Waals surface area contributed by atoms with Crippen molar-refractivity contribution >= 4 is 0 Å². The number of nitrogens with one attached hydrogen (secondary N) is 1. The maximum atomic E-state index is 14.2. The predicted octanol–water partition coefficient (Wildman–Crippen LogP) is 2.80. The highest BCUT2D eigenvalue weighted by Gasteiger charge is 2.37. The fourth-order valence-corrected chi connectivity index (χ4v) is 2.96. The van der Waals surface area contributed by atoms with Crippen LogP contribution in [0.15, 0.2) is 6.07 Å². The summed E-state index contributed by atoms with van der Waals surface area (Å²) in [5.74, 6) is -4.75. The van der Waals surface area contributed by atoms with Crippen LogP contribution >= 0.6 is 0 Å². The molecule has 2 rings (SSSR count). The smallest absolute Gasteiger partial charge is 0.195 e. The van der Waals surface area contributed by atoms with Gasteiger partial charge in [-0.05, 0) is 5.41 Å². The standard InChI is InChI=1S/C15H21F3N2O/c1-15(2,3)14(20-6-4-19-5-7-20)11-10(21)8-9(16)12(17)13(11)18/h8,14,19,21H,4-7H2,1-3H3/t14-/m0/s1. The number of halogens is 3. The third-order valence-corrected chi connectivity index (χ3v) is 3.79. The number of nitrogens with zero attached hydrogens (tertiary/aromatic N) is 1. The molecule has 1 saturated heterocycles. The molecule has 1 aromatic carbocycles. The van der Waals surface area contributed by atoms with Crippen molar-refractivity contribution in [2.45, 2.75) is 26.8 Å². The molecule has 0 aliphatic carbocycles. The number of phenolic OH excluding ortho intramolecular Hbond substituents is 1. The number of piperazine rings is 1. The fourth-order valence-electron chi connectivity index (χ4n) is 2.96. The van der Waals surface area contributed by atoms with Gasteiger partial charge >= 0.3 is 0 Å². The average Bonchev–Trinajstić information content (AvgIpc) is 2.40. The molecule has 2 N–H and O–H groups in total. The molecular formula is C15H21F3N2O. The van der Waals surface area contributed by atoms with Gasteiger partial charge in [0.1, 0.15) is 5.75 Å². The number of rotatable bonds is 2. The van der Waals surface area contributed by atoms with E-state index in [2.05, 4.69) is 5.32 Å². The second-order valence-electron chi connectivity index (χ2n) is 6.47. The molecule has 1 fully saturated rings. The first-order chi connectivity index (χ1) is 9.73. The Bertz CT molecular complexity index is 523. The average molecular weight is 302 g/mol. The van der Waals surface area contributed by atoms with E-state index in [1.165, 1.54) is 0 Å². The van der Waals surface area contributed by atoms with Crippen LogP contribution in [0.3, 0.4) is 0 Å². The van der Waals surface area contributed by atoms with Crippen molar-refractivity contribution in [2.24, 2.45) is 5.41 Å². The van der Waals surface area contributed by atoms with E-state index in [9.17, 15) is 18.3 Å². The molecule has 1 aromatic rings. The first-order valence-electron chi connectivity index (χ1n) is 7.04. The van der Waals surface area contributed by atoms with Crippen LogP contribution in [0.4, 0.5) is 13.2 Å². The van der Waals surface area contributed by atoms with E-state index < -0.39 is 34.7 Å². The fraction of sp³-hybridized carbons (Fsp3) is 0.600. The zero-order valence-corrected chi connectivity index (χ0v) is 12.5. The van der Waals surface area contributed by atoms with Gasteiger partial charge < -0.3 is 10.4 Å². The molecule has 6 heteroatoms. The molecule has 0 radical (unpaired) electrons. The van der Waals surface area contributed by atoms with Crippen LogP contribution < -0.4 is 5.32 Å². The highest BCUT2D eigenvalue weighted by molar-refractivity contribution is 5.38. The number of aromatic hydroxyl groups is 1. The first-order valence-corrected chi connectivity index (χ1v) is 7.04. The summed E-state index contributed by atoms with van der Waals surface area (Å²) in [6, 6.07) is 0.115. The normalized spacial score (nSPS) is 18.8. The van der Waals surface area contributed by atoms with E-state index in [-0.39, 0.29) is 5.56 Å². The molecule has 0 aromatic heterocycles. The van der Waals surface area contributed by atoms with Crippen LogP contribution in [0.1, 0.15) is 32.4 Å². The summed E-state index contributed by atoms with van der Waals surface area (Å²) in [7, 11) is 0. The minimum atomic E-state index is -1.54. The predicted molar refractivity (Wildman–Crippen MR) is 74.6 cm³/mol. The lowest BCUT2D eigenvalue weighted by molar-refractivity contribution is 0.0804. The van der Waals surface area contributed by atoms with Crippen molar-refractivity contribution in [3.8, 4) is 5.75 Å². The van der Waals surface area contributed by atoms with E-state index in [1.54, 1.807) is 0 Å². The zero-order chi connectivity index (χ0) is 15.8. The van der Waals surface area contributed by atoms with Crippen molar-refractivity contribution in [3.63, 3.8) is 0 Å². The van der Waals surface area contributed by atoms with Gasteiger partial charge in [-0.2, -0.15) is 0 Å². The van der Waals surface area contributed by atoms with Gasteiger partial charge in [-0.25, -0.2) is 13.2 Å². The molecule has 118 valence electrons. The molecule has 1 atom stereocenters. The maximum Gasteiger partial charge on any atom is 0.195 e. The van der Waals surface area contributed by atoms with Crippen LogP contribution in [-0.2, 0) is 0 Å². The minimum Gasteiger partial charge on any atom is -0.507 e. The second-order valence-corrected chi connectivity index (χ2v) is 6.47. The molecule has 1 aliphatic heterocycles. The van der Waals surface area contributed by atoms with Crippen LogP contribution in [0.25, 0.3) is 0 Å². The number of hydrogen-bond acceptors (Lipinski definition) is 3. The van der Waals surface area contributed by atoms with Gasteiger partial charge in [0, 0.05) is 38.3 Å². The summed E-state index contributed by atoms with van der Waals surface area (Å²) >= 11 is 0. The Balaban J connectivity index is 2.54. The third-order valence-electron chi connectivity index (χ3n) is 3.79. The van der Waals surface area contributed by atoms with E-state index in [0.717, 1.165) is 13.1 Å². The van der Waals surface area contributed by atoms with Crippen LogP contribution in [0.5, 0.6) is 5.75 Å². The third kappa shape index (κ3) is 3.16. The van der Waals surface area contributed by atoms with Gasteiger partial charge in [0.15, 0.2) is 17.5 Å². The largest absolute Gasteiger partial charge is 0.507 e. The Morgan fingerprint density at radius 1 is 1.14 bits per heavy atom. The SMILES string of the molecule is CC(C)(C)[C@H](c1c(O)cc(F)c(F)c1F)N1CCNCC1. The van der Waals surface area contributed by atoms with Crippen LogP contribution in [-0.4, -0.2) is 36.2 Å². The van der Waals surface area contributed by atoms with Crippen molar-refractivity contribution in [2.75, 3.05) is 26.2 Å². The van der Waals surface area contributed by atoms with Gasteiger partial charge in [0.2, 0.25) is 0 Å². The lowest BCUT2D eigenvalue weighted by atomic mass is 9.80. The lowest BCUT2D eigenvalue weighted by Crippen LogP contribution is -2.48. The minimum absolute atomic E-state index is 0.164. The zero-order valence-electron chi connectivity index (χ0n) is 12.5. The molecule has 21 heavy (non-hydrogen) atoms. The van der Waals surface area contributed by atoms with Crippen molar-refractivity contribution in [3.05, 3.63) is 29.1 Å². The molecule has 0 spiro atoms. The summed E-state index contributed by atoms with van der Waals surface area (Å²) in [5, 5.41) is 13.2. The molecule has 0 amide bonds. The summed E-state index contributed by atoms with van der Waals surface area (Å²) in [6.07, 6.45) is 0. The van der Waals surface area contributed by atoms with Gasteiger partial charge in [0.25, 0.3) is 0 Å². The Morgan fingerprint density at radius 3 is 2.24 bits per heavy atom. The lowest BCUT2D eigenvalue weighted by Gasteiger charge is -2.42. The quantitative estimate of drug-likeness (QED) is 0.825. The molecular weight excluding hydrogens is 281 g/mol. The van der Waals surface area contributed by atoms with Gasteiger partial charge in [-0.15, -0.1) is 0 Å². The Kier molecular flexibility index (Phi) is 4.49. The van der Waals surface area contributed by atoms with E-state index >= 15 is 0 Å². The number of benzene rings is 1. The van der Waals surface area contributed by atoms with Gasteiger partial charge in [0.05, 0.1) is 5.56 Å². The maximum absolute atomic E-state index is 14.2. The Labute approximate surface area is 122 Å². The monoisotopic (exact) mass is 302 g/mol. The molecule has 0 unspecified atom stereocenters. The summed E-state index contributed by atoms with van der Waals surface area (Å²) < 4.78 is 41.1. The topological polar surface area (TPSA) is 35.5 Å². The van der Waals surface area contributed by atoms with Gasteiger partial charge in [-0.1, -0.05) is 20.8 Å². The molecule has 3 nitrogen and oxygen atoms in total. The van der Waals surface area contributed by atoms with Crippen LogP contribution in [0.2, 0.25) is 0 Å². The Hall–Kier alpha value is -1.27.